The maximum absolute atomic E-state index is 12.1. The van der Waals surface area contributed by atoms with Crippen LogP contribution in [-0.2, 0) is 4.79 Å². The minimum atomic E-state index is -0.150. The van der Waals surface area contributed by atoms with Crippen molar-refractivity contribution in [2.45, 2.75) is 71.3 Å². The molecule has 114 valence electrons. The molecular formula is C19H26O2. The smallest absolute Gasteiger partial charge is 0.146 e. The third-order valence-electron chi connectivity index (χ3n) is 5.43. The molecule has 0 heterocycles. The zero-order valence-corrected chi connectivity index (χ0v) is 13.4. The molecule has 0 aliphatic heterocycles. The van der Waals surface area contributed by atoms with Gasteiger partial charge in [0.05, 0.1) is 5.41 Å². The number of carbonyl (C=O) groups excluding carboxylic acids is 1. The number of Topliss-reactive ketones (excluding diaryl/α,β-unsaturated/α-hetero) is 1. The van der Waals surface area contributed by atoms with Crippen LogP contribution in [0, 0.1) is 12.3 Å². The lowest BCUT2D eigenvalue weighted by molar-refractivity contribution is -0.156. The fourth-order valence-electron chi connectivity index (χ4n) is 4.09. The monoisotopic (exact) mass is 286 g/mol. The molecule has 0 bridgehead atoms. The van der Waals surface area contributed by atoms with E-state index in [1.807, 2.05) is 0 Å². The van der Waals surface area contributed by atoms with E-state index in [0.717, 1.165) is 18.6 Å². The standard InChI is InChI=1S/C19H26O2/c1-13(2)16-8-7-15(11-14(16)3)21-18-12-17(20)19(18)9-5-4-6-10-19/h7-8,11,13,18H,4-6,9-10,12H2,1-3H3. The van der Waals surface area contributed by atoms with Crippen LogP contribution in [0.3, 0.4) is 0 Å². The van der Waals surface area contributed by atoms with Crippen molar-refractivity contribution < 1.29 is 9.53 Å². The number of rotatable bonds is 3. The number of carbonyl (C=O) groups is 1. The Bertz CT molecular complexity index is 538. The largest absolute Gasteiger partial charge is 0.489 e. The van der Waals surface area contributed by atoms with Crippen LogP contribution >= 0.6 is 0 Å². The molecule has 1 unspecified atom stereocenters. The Hall–Kier alpha value is -1.31. The maximum atomic E-state index is 12.1. The van der Waals surface area contributed by atoms with E-state index in [0.29, 0.717) is 18.1 Å². The van der Waals surface area contributed by atoms with Gasteiger partial charge in [-0.25, -0.2) is 0 Å². The summed E-state index contributed by atoms with van der Waals surface area (Å²) in [6.07, 6.45) is 6.39. The Morgan fingerprint density at radius 1 is 1.19 bits per heavy atom. The first-order valence-electron chi connectivity index (χ1n) is 8.33. The molecule has 0 amide bonds. The molecule has 1 atom stereocenters. The molecule has 2 nitrogen and oxygen atoms in total. The van der Waals surface area contributed by atoms with Crippen molar-refractivity contribution in [2.75, 3.05) is 0 Å². The van der Waals surface area contributed by atoms with Crippen LogP contribution in [0.2, 0.25) is 0 Å². The molecule has 2 aliphatic carbocycles. The summed E-state index contributed by atoms with van der Waals surface area (Å²) in [6, 6.07) is 6.37. The van der Waals surface area contributed by atoms with Crippen molar-refractivity contribution in [3.05, 3.63) is 29.3 Å². The Labute approximate surface area is 127 Å². The quantitative estimate of drug-likeness (QED) is 0.798. The zero-order chi connectivity index (χ0) is 15.0. The highest BCUT2D eigenvalue weighted by molar-refractivity contribution is 5.92. The Morgan fingerprint density at radius 2 is 1.90 bits per heavy atom. The molecule has 2 heteroatoms. The molecule has 2 saturated carbocycles. The number of benzene rings is 1. The molecule has 21 heavy (non-hydrogen) atoms. The molecule has 0 saturated heterocycles. The number of hydrogen-bond donors (Lipinski definition) is 0. The molecular weight excluding hydrogens is 260 g/mol. The summed E-state index contributed by atoms with van der Waals surface area (Å²) in [4.78, 5) is 12.1. The van der Waals surface area contributed by atoms with E-state index in [9.17, 15) is 4.79 Å². The molecule has 3 rings (SSSR count). The Morgan fingerprint density at radius 3 is 2.48 bits per heavy atom. The van der Waals surface area contributed by atoms with Crippen molar-refractivity contribution in [3.8, 4) is 5.75 Å². The van der Waals surface area contributed by atoms with Gasteiger partial charge in [0.2, 0.25) is 0 Å². The van der Waals surface area contributed by atoms with Crippen LogP contribution in [0.15, 0.2) is 18.2 Å². The van der Waals surface area contributed by atoms with E-state index >= 15 is 0 Å². The Balaban J connectivity index is 1.75. The fraction of sp³-hybridized carbons (Fsp3) is 0.632. The summed E-state index contributed by atoms with van der Waals surface area (Å²) in [5, 5.41) is 0. The predicted molar refractivity (Wildman–Crippen MR) is 84.8 cm³/mol. The first-order chi connectivity index (χ1) is 10.0. The van der Waals surface area contributed by atoms with Crippen molar-refractivity contribution >= 4 is 5.78 Å². The van der Waals surface area contributed by atoms with E-state index < -0.39 is 0 Å². The SMILES string of the molecule is Cc1cc(OC2CC(=O)C23CCCCC3)ccc1C(C)C. The van der Waals surface area contributed by atoms with Crippen molar-refractivity contribution in [2.24, 2.45) is 5.41 Å². The van der Waals surface area contributed by atoms with Crippen molar-refractivity contribution in [1.82, 2.24) is 0 Å². The second-order valence-electron chi connectivity index (χ2n) is 7.12. The molecule has 2 fully saturated rings. The fourth-order valence-corrected chi connectivity index (χ4v) is 4.09. The summed E-state index contributed by atoms with van der Waals surface area (Å²) < 4.78 is 6.21. The van der Waals surface area contributed by atoms with E-state index in [4.69, 9.17) is 4.74 Å². The average Bonchev–Trinajstić information content (AvgIpc) is 2.47. The highest BCUT2D eigenvalue weighted by atomic mass is 16.5. The topological polar surface area (TPSA) is 26.3 Å². The number of aryl methyl sites for hydroxylation is 1. The second-order valence-corrected chi connectivity index (χ2v) is 7.12. The van der Waals surface area contributed by atoms with Crippen molar-refractivity contribution in [1.29, 1.82) is 0 Å². The lowest BCUT2D eigenvalue weighted by atomic mass is 9.57. The van der Waals surface area contributed by atoms with Gasteiger partial charge in [-0.1, -0.05) is 39.2 Å². The summed E-state index contributed by atoms with van der Waals surface area (Å²) >= 11 is 0. The van der Waals surface area contributed by atoms with E-state index in [1.165, 1.54) is 30.4 Å². The summed E-state index contributed by atoms with van der Waals surface area (Å²) in [5.41, 5.74) is 2.51. The third-order valence-corrected chi connectivity index (χ3v) is 5.43. The van der Waals surface area contributed by atoms with E-state index in [-0.39, 0.29) is 11.5 Å². The van der Waals surface area contributed by atoms with Crippen LogP contribution in [0.4, 0.5) is 0 Å². The highest BCUT2D eigenvalue weighted by Gasteiger charge is 2.56. The molecule has 1 spiro atoms. The third kappa shape index (κ3) is 2.49. The maximum Gasteiger partial charge on any atom is 0.146 e. The summed E-state index contributed by atoms with van der Waals surface area (Å²) in [6.45, 7) is 6.57. The van der Waals surface area contributed by atoms with Gasteiger partial charge in [0, 0.05) is 6.42 Å². The van der Waals surface area contributed by atoms with Gasteiger partial charge in [0.25, 0.3) is 0 Å². The van der Waals surface area contributed by atoms with Gasteiger partial charge in [0.15, 0.2) is 0 Å². The first-order valence-corrected chi connectivity index (χ1v) is 8.33. The summed E-state index contributed by atoms with van der Waals surface area (Å²) in [7, 11) is 0. The average molecular weight is 286 g/mol. The number of hydrogen-bond acceptors (Lipinski definition) is 2. The van der Waals surface area contributed by atoms with Gasteiger partial charge >= 0.3 is 0 Å². The molecule has 0 N–H and O–H groups in total. The van der Waals surface area contributed by atoms with Gasteiger partial charge in [-0.3, -0.25) is 4.79 Å². The zero-order valence-electron chi connectivity index (χ0n) is 13.4. The lowest BCUT2D eigenvalue weighted by Crippen LogP contribution is -2.57. The van der Waals surface area contributed by atoms with Gasteiger partial charge in [-0.05, 0) is 48.9 Å². The molecule has 0 aromatic heterocycles. The minimum Gasteiger partial charge on any atom is -0.489 e. The molecule has 1 aromatic rings. The molecule has 2 aliphatic rings. The van der Waals surface area contributed by atoms with Gasteiger partial charge < -0.3 is 4.74 Å². The lowest BCUT2D eigenvalue weighted by Gasteiger charge is -2.49. The van der Waals surface area contributed by atoms with Gasteiger partial charge in [0.1, 0.15) is 17.6 Å². The van der Waals surface area contributed by atoms with Crippen LogP contribution in [0.1, 0.15) is 69.4 Å². The number of ketones is 1. The first kappa shape index (κ1) is 14.6. The predicted octanol–water partition coefficient (Wildman–Crippen LogP) is 4.79. The highest BCUT2D eigenvalue weighted by Crippen LogP contribution is 2.50. The van der Waals surface area contributed by atoms with Crippen LogP contribution < -0.4 is 4.74 Å². The van der Waals surface area contributed by atoms with Crippen LogP contribution in [-0.4, -0.2) is 11.9 Å². The van der Waals surface area contributed by atoms with Gasteiger partial charge in [-0.2, -0.15) is 0 Å². The van der Waals surface area contributed by atoms with Crippen LogP contribution in [0.5, 0.6) is 5.75 Å². The molecule has 0 radical (unpaired) electrons. The molecule has 1 aromatic carbocycles. The second kappa shape index (κ2) is 5.47. The normalized spacial score (nSPS) is 24.2. The van der Waals surface area contributed by atoms with Gasteiger partial charge in [-0.15, -0.1) is 0 Å². The summed E-state index contributed by atoms with van der Waals surface area (Å²) in [5.74, 6) is 1.90. The Kier molecular flexibility index (Phi) is 3.81. The van der Waals surface area contributed by atoms with E-state index in [2.05, 4.69) is 39.0 Å². The van der Waals surface area contributed by atoms with E-state index in [1.54, 1.807) is 0 Å². The van der Waals surface area contributed by atoms with Crippen molar-refractivity contribution in [3.63, 3.8) is 0 Å². The van der Waals surface area contributed by atoms with Crippen LogP contribution in [0.25, 0.3) is 0 Å². The number of ether oxygens (including phenoxy) is 1. The minimum absolute atomic E-state index is 0.106.